The van der Waals surface area contributed by atoms with Gasteiger partial charge in [0.1, 0.15) is 6.61 Å². The van der Waals surface area contributed by atoms with Gasteiger partial charge < -0.3 is 4.74 Å². The summed E-state index contributed by atoms with van der Waals surface area (Å²) in [5, 5.41) is 3.99. The minimum atomic E-state index is -2.66. The highest BCUT2D eigenvalue weighted by Gasteiger charge is 2.17. The molecule has 5 nitrogen and oxygen atoms in total. The van der Waals surface area contributed by atoms with Crippen LogP contribution in [0.1, 0.15) is 17.6 Å². The molecule has 0 radical (unpaired) electrons. The van der Waals surface area contributed by atoms with Crippen LogP contribution in [0, 0.1) is 0 Å². The molecule has 20 heavy (non-hydrogen) atoms. The second kappa shape index (κ2) is 6.38. The van der Waals surface area contributed by atoms with Crippen molar-refractivity contribution in [1.82, 2.24) is 9.78 Å². The Morgan fingerprint density at radius 2 is 2.25 bits per heavy atom. The van der Waals surface area contributed by atoms with Crippen LogP contribution in [0.25, 0.3) is 0 Å². The van der Waals surface area contributed by atoms with E-state index in [0.29, 0.717) is 5.88 Å². The zero-order valence-electron chi connectivity index (χ0n) is 10.5. The first kappa shape index (κ1) is 14.3. The lowest BCUT2D eigenvalue weighted by Crippen LogP contribution is -2.02. The number of ether oxygens (including phenoxy) is 1. The third kappa shape index (κ3) is 3.27. The number of benzene rings is 1. The molecular weight excluding hydrogens is 288 g/mol. The Bertz CT molecular complexity index is 654. The quantitative estimate of drug-likeness (QED) is 0.853. The first-order chi connectivity index (χ1) is 9.61. The molecule has 0 aliphatic rings. The zero-order chi connectivity index (χ0) is 14.5. The Kier molecular flexibility index (Phi) is 4.57. The van der Waals surface area contributed by atoms with Gasteiger partial charge in [0.2, 0.25) is 17.3 Å². The topological polar surface area (TPSA) is 56.5 Å². The number of halogens is 2. The lowest BCUT2D eigenvalue weighted by molar-refractivity contribution is 0.148. The van der Waals surface area contributed by atoms with E-state index in [4.69, 9.17) is 4.74 Å². The van der Waals surface area contributed by atoms with Gasteiger partial charge in [0.05, 0.1) is 5.69 Å². The van der Waals surface area contributed by atoms with Crippen LogP contribution < -0.4 is 4.74 Å². The molecule has 0 saturated heterocycles. The number of alkyl halides is 2. The Labute approximate surface area is 117 Å². The van der Waals surface area contributed by atoms with Gasteiger partial charge in [0, 0.05) is 30.4 Å². The van der Waals surface area contributed by atoms with Crippen LogP contribution in [0.2, 0.25) is 0 Å². The highest BCUT2D eigenvalue weighted by atomic mass is 32.1. The second-order valence-corrected chi connectivity index (χ2v) is 4.26. The predicted molar refractivity (Wildman–Crippen MR) is 69.2 cm³/mol. The summed E-state index contributed by atoms with van der Waals surface area (Å²) in [6.45, 7) is -0.128. The van der Waals surface area contributed by atoms with Crippen LogP contribution in [-0.4, -0.2) is 14.0 Å². The molecule has 8 heteroatoms. The Balaban J connectivity index is 2.30. The molecule has 0 spiro atoms. The molecule has 0 unspecified atom stereocenters. The number of nitrogens with zero attached hydrogens (tertiary/aromatic N) is 3. The SMILES string of the molecule is Cn1ccc(OCc2c(N=S=O)cccc2C(F)F)n1. The fourth-order valence-corrected chi connectivity index (χ4v) is 1.95. The summed E-state index contributed by atoms with van der Waals surface area (Å²) in [5.74, 6) is 0.317. The Morgan fingerprint density at radius 3 is 2.85 bits per heavy atom. The fraction of sp³-hybridized carbons (Fsp3) is 0.250. The van der Waals surface area contributed by atoms with Crippen LogP contribution in [0.15, 0.2) is 34.8 Å². The lowest BCUT2D eigenvalue weighted by atomic mass is 10.1. The van der Waals surface area contributed by atoms with E-state index in [2.05, 4.69) is 9.46 Å². The summed E-state index contributed by atoms with van der Waals surface area (Å²) < 4.78 is 46.9. The molecular formula is C12H11F2N3O2S. The number of hydrogen-bond donors (Lipinski definition) is 0. The fourth-order valence-electron chi connectivity index (χ4n) is 1.70. The smallest absolute Gasteiger partial charge is 0.264 e. The maximum absolute atomic E-state index is 13.0. The van der Waals surface area contributed by atoms with Crippen molar-refractivity contribution >= 4 is 17.2 Å². The maximum atomic E-state index is 13.0. The van der Waals surface area contributed by atoms with Crippen LogP contribution in [-0.2, 0) is 25.1 Å². The molecule has 0 N–H and O–H groups in total. The minimum absolute atomic E-state index is 0.0301. The van der Waals surface area contributed by atoms with Gasteiger partial charge in [0.25, 0.3) is 6.43 Å². The van der Waals surface area contributed by atoms with E-state index in [0.717, 1.165) is 0 Å². The highest BCUT2D eigenvalue weighted by molar-refractivity contribution is 7.54. The number of aromatic nitrogens is 2. The van der Waals surface area contributed by atoms with E-state index < -0.39 is 6.43 Å². The van der Waals surface area contributed by atoms with Crippen molar-refractivity contribution in [3.05, 3.63) is 41.6 Å². The maximum Gasteiger partial charge on any atom is 0.264 e. The van der Waals surface area contributed by atoms with E-state index in [1.807, 2.05) is 0 Å². The summed E-state index contributed by atoms with van der Waals surface area (Å²) in [5.41, 5.74) is 0.187. The van der Waals surface area contributed by atoms with E-state index in [1.165, 1.54) is 22.9 Å². The van der Waals surface area contributed by atoms with Crippen LogP contribution in [0.4, 0.5) is 14.5 Å². The average molecular weight is 299 g/mol. The first-order valence-electron chi connectivity index (χ1n) is 5.64. The largest absolute Gasteiger partial charge is 0.472 e. The molecule has 0 bridgehead atoms. The Hall–Kier alpha value is -2.09. The first-order valence-corrected chi connectivity index (χ1v) is 6.34. The standard InChI is InChI=1S/C12H11F2N3O2S/c1-17-6-5-11(15-17)19-7-9-8(12(13)14)3-2-4-10(9)16-20-18/h2-6,12H,7H2,1H3. The molecule has 0 atom stereocenters. The van der Waals surface area contributed by atoms with E-state index in [-0.39, 0.29) is 34.9 Å². The zero-order valence-corrected chi connectivity index (χ0v) is 11.3. The van der Waals surface area contributed by atoms with Crippen molar-refractivity contribution in [2.75, 3.05) is 0 Å². The summed E-state index contributed by atoms with van der Waals surface area (Å²) >= 11 is -0.0301. The molecule has 2 rings (SSSR count). The molecule has 0 aliphatic carbocycles. The monoisotopic (exact) mass is 299 g/mol. The van der Waals surface area contributed by atoms with Gasteiger partial charge in [-0.15, -0.1) is 5.10 Å². The van der Waals surface area contributed by atoms with Gasteiger partial charge >= 0.3 is 0 Å². The van der Waals surface area contributed by atoms with Crippen molar-refractivity contribution in [2.24, 2.45) is 11.4 Å². The van der Waals surface area contributed by atoms with Crippen molar-refractivity contribution in [3.8, 4) is 5.88 Å². The summed E-state index contributed by atoms with van der Waals surface area (Å²) in [6.07, 6.45) is -0.989. The summed E-state index contributed by atoms with van der Waals surface area (Å²) in [6, 6.07) is 5.83. The van der Waals surface area contributed by atoms with E-state index in [1.54, 1.807) is 19.3 Å². The van der Waals surface area contributed by atoms with E-state index >= 15 is 0 Å². The summed E-state index contributed by atoms with van der Waals surface area (Å²) in [4.78, 5) is 0. The van der Waals surface area contributed by atoms with Crippen molar-refractivity contribution in [3.63, 3.8) is 0 Å². The summed E-state index contributed by atoms with van der Waals surface area (Å²) in [7, 11) is 1.72. The van der Waals surface area contributed by atoms with Crippen molar-refractivity contribution in [1.29, 1.82) is 0 Å². The van der Waals surface area contributed by atoms with Crippen molar-refractivity contribution < 1.29 is 17.7 Å². The molecule has 0 fully saturated rings. The van der Waals surface area contributed by atoms with Gasteiger partial charge in [-0.05, 0) is 6.07 Å². The van der Waals surface area contributed by atoms with Crippen LogP contribution in [0.3, 0.4) is 0 Å². The molecule has 0 amide bonds. The normalized spacial score (nSPS) is 10.6. The minimum Gasteiger partial charge on any atom is -0.472 e. The second-order valence-electron chi connectivity index (χ2n) is 3.93. The molecule has 1 heterocycles. The molecule has 2 aromatic rings. The molecule has 1 aromatic carbocycles. The lowest BCUT2D eigenvalue weighted by Gasteiger charge is -2.11. The third-order valence-electron chi connectivity index (χ3n) is 2.61. The van der Waals surface area contributed by atoms with Gasteiger partial charge in [-0.2, -0.15) is 8.57 Å². The molecule has 106 valence electrons. The Morgan fingerprint density at radius 1 is 1.45 bits per heavy atom. The number of rotatable bonds is 5. The average Bonchev–Trinajstić information content (AvgIpc) is 2.83. The number of hydrogen-bond acceptors (Lipinski definition) is 4. The van der Waals surface area contributed by atoms with Crippen LogP contribution >= 0.6 is 0 Å². The molecule has 0 aliphatic heterocycles. The van der Waals surface area contributed by atoms with Crippen molar-refractivity contribution in [2.45, 2.75) is 13.0 Å². The van der Waals surface area contributed by atoms with E-state index in [9.17, 15) is 13.0 Å². The van der Waals surface area contributed by atoms with Crippen LogP contribution in [0.5, 0.6) is 5.88 Å². The molecule has 1 aromatic heterocycles. The van der Waals surface area contributed by atoms with Gasteiger partial charge in [0.15, 0.2) is 0 Å². The van der Waals surface area contributed by atoms with Gasteiger partial charge in [-0.3, -0.25) is 4.68 Å². The molecule has 0 saturated carbocycles. The number of aryl methyl sites for hydroxylation is 1. The van der Waals surface area contributed by atoms with Gasteiger partial charge in [-0.1, -0.05) is 12.1 Å². The highest BCUT2D eigenvalue weighted by Crippen LogP contribution is 2.30. The van der Waals surface area contributed by atoms with Gasteiger partial charge in [-0.25, -0.2) is 8.78 Å². The third-order valence-corrected chi connectivity index (χ3v) is 2.88. The predicted octanol–water partition coefficient (Wildman–Crippen LogP) is 2.96.